The van der Waals surface area contributed by atoms with Gasteiger partial charge in [-0.1, -0.05) is 41.6 Å². The third-order valence-electron chi connectivity index (χ3n) is 6.00. The molecule has 0 spiro atoms. The van der Waals surface area contributed by atoms with E-state index >= 15 is 0 Å². The molecule has 1 aromatic carbocycles. The fraction of sp³-hybridized carbons (Fsp3) is 0.259. The number of benzene rings is 1. The van der Waals surface area contributed by atoms with Crippen molar-refractivity contribution >= 4 is 51.3 Å². The molecule has 4 aromatic rings. The highest BCUT2D eigenvalue weighted by Gasteiger charge is 2.24. The Hall–Kier alpha value is -3.21. The molecule has 0 atom stereocenters. The number of rotatable bonds is 9. The zero-order chi connectivity index (χ0) is 26.7. The second kappa shape index (κ2) is 11.5. The second-order valence-corrected chi connectivity index (χ2v) is 11.4. The molecule has 0 unspecified atom stereocenters. The predicted molar refractivity (Wildman–Crippen MR) is 153 cm³/mol. The lowest BCUT2D eigenvalue weighted by atomic mass is 9.97. The van der Waals surface area contributed by atoms with E-state index in [9.17, 15) is 9.59 Å². The standard InChI is InChI=1S/C27H28N4O3S3/c1-7-10-31-24(20-12-35-18(5)17(20)4)29-30-27(31)37-14-22(32)28-25-23(26(33)34-6)21(13-36-25)19-11-15(2)8-9-16(19)3/h7-9,11-13H,1,10,14H2,2-6H3,(H,28,32). The van der Waals surface area contributed by atoms with Gasteiger partial charge in [-0.05, 0) is 44.4 Å². The maximum absolute atomic E-state index is 13.0. The molecule has 3 aromatic heterocycles. The Labute approximate surface area is 228 Å². The molecule has 0 bridgehead atoms. The Morgan fingerprint density at radius 2 is 1.86 bits per heavy atom. The molecule has 3 heterocycles. The number of hydrogen-bond donors (Lipinski definition) is 1. The number of ether oxygens (including phenoxy) is 1. The largest absolute Gasteiger partial charge is 0.465 e. The molecule has 0 aliphatic heterocycles. The van der Waals surface area contributed by atoms with Crippen molar-refractivity contribution in [3.63, 3.8) is 0 Å². The van der Waals surface area contributed by atoms with Crippen LogP contribution in [0.5, 0.6) is 0 Å². The molecule has 0 saturated carbocycles. The van der Waals surface area contributed by atoms with Crippen molar-refractivity contribution in [3.8, 4) is 22.5 Å². The van der Waals surface area contributed by atoms with Crippen LogP contribution < -0.4 is 5.32 Å². The van der Waals surface area contributed by atoms with Gasteiger partial charge >= 0.3 is 5.97 Å². The first-order valence-electron chi connectivity index (χ1n) is 11.5. The van der Waals surface area contributed by atoms with Crippen molar-refractivity contribution in [2.24, 2.45) is 0 Å². The van der Waals surface area contributed by atoms with Gasteiger partial charge < -0.3 is 10.1 Å². The lowest BCUT2D eigenvalue weighted by Gasteiger charge is -2.10. The minimum absolute atomic E-state index is 0.105. The van der Waals surface area contributed by atoms with E-state index < -0.39 is 5.97 Å². The van der Waals surface area contributed by atoms with Gasteiger partial charge in [-0.2, -0.15) is 0 Å². The van der Waals surface area contributed by atoms with Gasteiger partial charge in [-0.25, -0.2) is 4.79 Å². The number of carbonyl (C=O) groups excluding carboxylic acids is 2. The van der Waals surface area contributed by atoms with E-state index in [1.165, 1.54) is 40.6 Å². The SMILES string of the molecule is C=CCn1c(SCC(=O)Nc2scc(-c3cc(C)ccc3C)c2C(=O)OC)nnc1-c1csc(C)c1C. The molecule has 4 rings (SSSR count). The topological polar surface area (TPSA) is 86.1 Å². The lowest BCUT2D eigenvalue weighted by Crippen LogP contribution is -2.16. The van der Waals surface area contributed by atoms with Gasteiger partial charge in [-0.15, -0.1) is 39.4 Å². The van der Waals surface area contributed by atoms with Crippen LogP contribution in [0.1, 0.15) is 31.9 Å². The number of nitrogens with zero attached hydrogens (tertiary/aromatic N) is 3. The van der Waals surface area contributed by atoms with Crippen LogP contribution in [-0.4, -0.2) is 39.5 Å². The summed E-state index contributed by atoms with van der Waals surface area (Å²) < 4.78 is 7.02. The molecule has 0 radical (unpaired) electrons. The van der Waals surface area contributed by atoms with E-state index in [0.717, 1.165) is 33.6 Å². The van der Waals surface area contributed by atoms with Crippen LogP contribution in [0.2, 0.25) is 0 Å². The van der Waals surface area contributed by atoms with Crippen molar-refractivity contribution in [1.29, 1.82) is 0 Å². The van der Waals surface area contributed by atoms with Crippen LogP contribution in [-0.2, 0) is 16.1 Å². The number of methoxy groups -OCH3 is 1. The number of thioether (sulfide) groups is 1. The highest BCUT2D eigenvalue weighted by molar-refractivity contribution is 7.99. The number of carbonyl (C=O) groups is 2. The van der Waals surface area contributed by atoms with Crippen molar-refractivity contribution in [3.05, 3.63) is 68.7 Å². The molecule has 1 N–H and O–H groups in total. The van der Waals surface area contributed by atoms with Crippen LogP contribution in [0.25, 0.3) is 22.5 Å². The van der Waals surface area contributed by atoms with E-state index in [0.29, 0.717) is 22.3 Å². The quantitative estimate of drug-likeness (QED) is 0.142. The summed E-state index contributed by atoms with van der Waals surface area (Å²) in [5.41, 5.74) is 6.38. The van der Waals surface area contributed by atoms with E-state index in [2.05, 4.69) is 41.3 Å². The number of amides is 1. The third kappa shape index (κ3) is 5.56. The Balaban J connectivity index is 1.55. The molecule has 0 aliphatic rings. The van der Waals surface area contributed by atoms with Gasteiger partial charge in [0.1, 0.15) is 10.6 Å². The summed E-state index contributed by atoms with van der Waals surface area (Å²) in [6, 6.07) is 6.08. The summed E-state index contributed by atoms with van der Waals surface area (Å²) in [4.78, 5) is 26.9. The maximum atomic E-state index is 13.0. The zero-order valence-electron chi connectivity index (χ0n) is 21.4. The van der Waals surface area contributed by atoms with Crippen molar-refractivity contribution in [1.82, 2.24) is 14.8 Å². The maximum Gasteiger partial charge on any atom is 0.341 e. The minimum Gasteiger partial charge on any atom is -0.465 e. The van der Waals surface area contributed by atoms with Crippen LogP contribution in [0, 0.1) is 27.7 Å². The fourth-order valence-corrected chi connectivity index (χ4v) is 6.47. The normalized spacial score (nSPS) is 10.9. The average Bonchev–Trinajstić information content (AvgIpc) is 3.57. The van der Waals surface area contributed by atoms with E-state index in [4.69, 9.17) is 4.74 Å². The number of allylic oxidation sites excluding steroid dienone is 1. The van der Waals surface area contributed by atoms with Gasteiger partial charge in [0.25, 0.3) is 0 Å². The predicted octanol–water partition coefficient (Wildman–Crippen LogP) is 6.67. The van der Waals surface area contributed by atoms with Gasteiger partial charge in [0.15, 0.2) is 11.0 Å². The molecule has 0 saturated heterocycles. The third-order valence-corrected chi connectivity index (χ3v) is 8.88. The first-order chi connectivity index (χ1) is 17.7. The van der Waals surface area contributed by atoms with Gasteiger partial charge in [0.05, 0.1) is 12.9 Å². The molecule has 0 fully saturated rings. The lowest BCUT2D eigenvalue weighted by molar-refractivity contribution is -0.113. The van der Waals surface area contributed by atoms with Crippen molar-refractivity contribution in [2.45, 2.75) is 39.4 Å². The Kier molecular flexibility index (Phi) is 8.31. The van der Waals surface area contributed by atoms with Crippen LogP contribution in [0.3, 0.4) is 0 Å². The van der Waals surface area contributed by atoms with E-state index in [1.807, 2.05) is 42.0 Å². The van der Waals surface area contributed by atoms with E-state index in [1.54, 1.807) is 17.4 Å². The number of aromatic nitrogens is 3. The Morgan fingerprint density at radius 1 is 1.11 bits per heavy atom. The molecule has 0 aliphatic carbocycles. The molecule has 37 heavy (non-hydrogen) atoms. The summed E-state index contributed by atoms with van der Waals surface area (Å²) >= 11 is 4.27. The first kappa shape index (κ1) is 26.8. The summed E-state index contributed by atoms with van der Waals surface area (Å²) in [5, 5.41) is 16.7. The molecular weight excluding hydrogens is 525 g/mol. The van der Waals surface area contributed by atoms with Crippen molar-refractivity contribution < 1.29 is 14.3 Å². The van der Waals surface area contributed by atoms with Gasteiger partial charge in [0.2, 0.25) is 5.91 Å². The number of esters is 1. The average molecular weight is 553 g/mol. The number of anilines is 1. The van der Waals surface area contributed by atoms with Crippen LogP contribution in [0.4, 0.5) is 5.00 Å². The summed E-state index contributed by atoms with van der Waals surface area (Å²) in [6.07, 6.45) is 1.79. The number of aryl methyl sites for hydroxylation is 3. The molecule has 10 heteroatoms. The highest BCUT2D eigenvalue weighted by atomic mass is 32.2. The monoisotopic (exact) mass is 552 g/mol. The Morgan fingerprint density at radius 3 is 2.54 bits per heavy atom. The van der Waals surface area contributed by atoms with Crippen LogP contribution in [0.15, 0.2) is 46.8 Å². The second-order valence-electron chi connectivity index (χ2n) is 8.54. The smallest absolute Gasteiger partial charge is 0.341 e. The number of hydrogen-bond acceptors (Lipinski definition) is 8. The Bertz CT molecular complexity index is 1480. The molecule has 7 nitrogen and oxygen atoms in total. The van der Waals surface area contributed by atoms with E-state index in [-0.39, 0.29) is 11.7 Å². The highest BCUT2D eigenvalue weighted by Crippen LogP contribution is 2.38. The van der Waals surface area contributed by atoms with Crippen LogP contribution >= 0.6 is 34.4 Å². The van der Waals surface area contributed by atoms with Gasteiger partial charge in [0, 0.05) is 33.3 Å². The summed E-state index contributed by atoms with van der Waals surface area (Å²) in [5.74, 6) is 0.126. The number of nitrogens with one attached hydrogen (secondary N) is 1. The number of thiophene rings is 2. The molecule has 1 amide bonds. The molecule has 192 valence electrons. The van der Waals surface area contributed by atoms with Crippen molar-refractivity contribution in [2.75, 3.05) is 18.2 Å². The summed E-state index contributed by atoms with van der Waals surface area (Å²) in [6.45, 7) is 12.5. The zero-order valence-corrected chi connectivity index (χ0v) is 23.8. The minimum atomic E-state index is -0.489. The van der Waals surface area contributed by atoms with Gasteiger partial charge in [-0.3, -0.25) is 9.36 Å². The first-order valence-corrected chi connectivity index (χ1v) is 14.3. The fourth-order valence-electron chi connectivity index (χ4n) is 3.89. The molecular formula is C27H28N4O3S3. The summed E-state index contributed by atoms with van der Waals surface area (Å²) in [7, 11) is 1.34.